The molecule has 0 N–H and O–H groups in total. The van der Waals surface area contributed by atoms with Crippen LogP contribution in [-0.4, -0.2) is 7.11 Å². The number of ether oxygens (including phenoxy) is 1. The summed E-state index contributed by atoms with van der Waals surface area (Å²) in [6.07, 6.45) is 8.41. The van der Waals surface area contributed by atoms with Crippen molar-refractivity contribution in [1.29, 1.82) is 0 Å². The van der Waals surface area contributed by atoms with Crippen molar-refractivity contribution in [2.75, 3.05) is 7.11 Å². The molecule has 1 nitrogen and oxygen atoms in total. The first-order valence-electron chi connectivity index (χ1n) is 8.07. The van der Waals surface area contributed by atoms with Gasteiger partial charge >= 0.3 is 0 Å². The topological polar surface area (TPSA) is 9.23 Å². The minimum atomic E-state index is 0.131. The maximum Gasteiger partial charge on any atom is 0.120 e. The first-order chi connectivity index (χ1) is 10.1. The van der Waals surface area contributed by atoms with E-state index < -0.39 is 0 Å². The number of methoxy groups -OCH3 is 1. The van der Waals surface area contributed by atoms with Gasteiger partial charge in [-0.15, -0.1) is 11.6 Å². The van der Waals surface area contributed by atoms with Gasteiger partial charge in [-0.1, -0.05) is 22.0 Å². The van der Waals surface area contributed by atoms with E-state index in [4.69, 9.17) is 16.3 Å². The first-order valence-corrected chi connectivity index (χ1v) is 9.30. The molecule has 5 rings (SSSR count). The monoisotopic (exact) mass is 368 g/mol. The molecule has 0 radical (unpaired) electrons. The van der Waals surface area contributed by atoms with Gasteiger partial charge in [0.1, 0.15) is 5.75 Å². The number of hydrogen-bond donors (Lipinski definition) is 0. The molecule has 0 amide bonds. The Labute approximate surface area is 140 Å². The summed E-state index contributed by atoms with van der Waals surface area (Å²) < 4.78 is 6.40. The van der Waals surface area contributed by atoms with E-state index in [1.165, 1.54) is 44.1 Å². The van der Waals surface area contributed by atoms with Crippen LogP contribution in [-0.2, 0) is 0 Å². The van der Waals surface area contributed by atoms with Crippen molar-refractivity contribution in [3.8, 4) is 5.75 Å². The third-order valence-electron chi connectivity index (χ3n) is 6.10. The van der Waals surface area contributed by atoms with Gasteiger partial charge in [-0.05, 0) is 79.4 Å². The highest BCUT2D eigenvalue weighted by atomic mass is 79.9. The average molecular weight is 370 g/mol. The molecule has 4 fully saturated rings. The number of alkyl halides is 1. The van der Waals surface area contributed by atoms with Crippen molar-refractivity contribution >= 4 is 27.5 Å². The Balaban J connectivity index is 1.66. The van der Waals surface area contributed by atoms with E-state index in [9.17, 15) is 0 Å². The van der Waals surface area contributed by atoms with E-state index in [1.807, 2.05) is 12.1 Å². The SMILES string of the molecule is COc1ccc(C(Cl)C23CC4CC(CC(C4)C2)C3)c(Br)c1. The standard InChI is InChI=1S/C18H22BrClO/c1-21-14-2-3-15(16(19)7-14)17(20)18-8-11-4-12(9-18)6-13(5-11)10-18/h2-3,7,11-13,17H,4-6,8-10H2,1H3. The zero-order valence-electron chi connectivity index (χ0n) is 12.4. The average Bonchev–Trinajstić information content (AvgIpc) is 2.45. The summed E-state index contributed by atoms with van der Waals surface area (Å²) in [5.74, 6) is 3.71. The minimum Gasteiger partial charge on any atom is -0.497 e. The van der Waals surface area contributed by atoms with Crippen molar-refractivity contribution in [3.05, 3.63) is 28.2 Å². The molecule has 0 aliphatic heterocycles. The second-order valence-electron chi connectivity index (χ2n) is 7.53. The van der Waals surface area contributed by atoms with Gasteiger partial charge < -0.3 is 4.74 Å². The van der Waals surface area contributed by atoms with Gasteiger partial charge in [0, 0.05) is 4.47 Å². The van der Waals surface area contributed by atoms with Crippen LogP contribution in [0.2, 0.25) is 0 Å². The highest BCUT2D eigenvalue weighted by Gasteiger charge is 2.54. The molecule has 3 heteroatoms. The van der Waals surface area contributed by atoms with E-state index >= 15 is 0 Å². The lowest BCUT2D eigenvalue weighted by molar-refractivity contribution is -0.0553. The van der Waals surface area contributed by atoms with E-state index in [2.05, 4.69) is 22.0 Å². The fourth-order valence-corrected chi connectivity index (χ4v) is 6.83. The second kappa shape index (κ2) is 5.16. The lowest BCUT2D eigenvalue weighted by Gasteiger charge is -2.58. The van der Waals surface area contributed by atoms with Gasteiger partial charge in [0.2, 0.25) is 0 Å². The molecule has 21 heavy (non-hydrogen) atoms. The number of hydrogen-bond acceptors (Lipinski definition) is 1. The van der Waals surface area contributed by atoms with E-state index in [1.54, 1.807) is 7.11 Å². The van der Waals surface area contributed by atoms with Gasteiger partial charge in [-0.25, -0.2) is 0 Å². The summed E-state index contributed by atoms with van der Waals surface area (Å²) in [6, 6.07) is 6.24. The molecule has 4 aliphatic rings. The van der Waals surface area contributed by atoms with Gasteiger partial charge in [0.15, 0.2) is 0 Å². The summed E-state index contributed by atoms with van der Waals surface area (Å²) in [5, 5.41) is 0.131. The molecule has 1 aromatic carbocycles. The Morgan fingerprint density at radius 3 is 2.19 bits per heavy atom. The van der Waals surface area contributed by atoms with Crippen molar-refractivity contribution < 1.29 is 4.74 Å². The minimum absolute atomic E-state index is 0.131. The number of halogens is 2. The van der Waals surface area contributed by atoms with Crippen LogP contribution in [0.3, 0.4) is 0 Å². The Bertz CT molecular complexity index is 521. The zero-order chi connectivity index (χ0) is 14.6. The molecule has 4 aliphatic carbocycles. The van der Waals surface area contributed by atoms with Crippen LogP contribution in [0.5, 0.6) is 5.75 Å². The third kappa shape index (κ3) is 2.34. The maximum atomic E-state index is 7.06. The molecule has 0 saturated heterocycles. The smallest absolute Gasteiger partial charge is 0.120 e. The fourth-order valence-electron chi connectivity index (χ4n) is 5.66. The van der Waals surface area contributed by atoms with Crippen LogP contribution >= 0.6 is 27.5 Å². The summed E-state index contributed by atoms with van der Waals surface area (Å²) in [6.45, 7) is 0. The normalized spacial score (nSPS) is 38.5. The number of rotatable bonds is 3. The van der Waals surface area contributed by atoms with Crippen LogP contribution in [0.1, 0.15) is 49.5 Å². The Morgan fingerprint density at radius 1 is 1.14 bits per heavy atom. The highest BCUT2D eigenvalue weighted by molar-refractivity contribution is 9.10. The Hall–Kier alpha value is -0.210. The van der Waals surface area contributed by atoms with E-state index in [0.29, 0.717) is 5.41 Å². The van der Waals surface area contributed by atoms with E-state index in [-0.39, 0.29) is 5.38 Å². The maximum absolute atomic E-state index is 7.06. The first kappa shape index (κ1) is 14.4. The van der Waals surface area contributed by atoms with Crippen molar-refractivity contribution in [2.45, 2.75) is 43.9 Å². The third-order valence-corrected chi connectivity index (χ3v) is 7.49. The molecule has 1 atom stereocenters. The summed E-state index contributed by atoms with van der Waals surface area (Å²) in [7, 11) is 1.71. The molecule has 1 unspecified atom stereocenters. The largest absolute Gasteiger partial charge is 0.497 e. The number of benzene rings is 1. The Morgan fingerprint density at radius 2 is 1.71 bits per heavy atom. The summed E-state index contributed by atoms with van der Waals surface area (Å²) >= 11 is 10.8. The summed E-state index contributed by atoms with van der Waals surface area (Å²) in [4.78, 5) is 0. The van der Waals surface area contributed by atoms with Crippen molar-refractivity contribution in [3.63, 3.8) is 0 Å². The van der Waals surface area contributed by atoms with Gasteiger partial charge in [0.25, 0.3) is 0 Å². The molecular weight excluding hydrogens is 348 g/mol. The predicted octanol–water partition coefficient (Wildman–Crippen LogP) is 5.95. The van der Waals surface area contributed by atoms with E-state index in [0.717, 1.165) is 28.0 Å². The predicted molar refractivity (Wildman–Crippen MR) is 89.9 cm³/mol. The molecule has 0 aromatic heterocycles. The molecule has 0 spiro atoms. The molecular formula is C18H22BrClO. The Kier molecular flexibility index (Phi) is 3.54. The highest BCUT2D eigenvalue weighted by Crippen LogP contribution is 2.65. The van der Waals surface area contributed by atoms with Crippen LogP contribution in [0.15, 0.2) is 22.7 Å². The van der Waals surface area contributed by atoms with Crippen molar-refractivity contribution in [1.82, 2.24) is 0 Å². The van der Waals surface area contributed by atoms with Gasteiger partial charge in [0.05, 0.1) is 12.5 Å². The fraction of sp³-hybridized carbons (Fsp3) is 0.667. The molecule has 0 heterocycles. The van der Waals surface area contributed by atoms with Gasteiger partial charge in [-0.3, -0.25) is 0 Å². The lowest BCUT2D eigenvalue weighted by atomic mass is 9.48. The van der Waals surface area contributed by atoms with Crippen LogP contribution < -0.4 is 4.74 Å². The second-order valence-corrected chi connectivity index (χ2v) is 8.82. The zero-order valence-corrected chi connectivity index (χ0v) is 14.8. The summed E-state index contributed by atoms with van der Waals surface area (Å²) in [5.41, 5.74) is 1.59. The van der Waals surface area contributed by atoms with Crippen LogP contribution in [0.4, 0.5) is 0 Å². The lowest BCUT2D eigenvalue weighted by Crippen LogP contribution is -2.47. The molecule has 114 valence electrons. The van der Waals surface area contributed by atoms with Crippen LogP contribution in [0.25, 0.3) is 0 Å². The molecule has 1 aromatic rings. The van der Waals surface area contributed by atoms with Gasteiger partial charge in [-0.2, -0.15) is 0 Å². The molecule has 4 saturated carbocycles. The van der Waals surface area contributed by atoms with Crippen molar-refractivity contribution in [2.24, 2.45) is 23.2 Å². The quantitative estimate of drug-likeness (QED) is 0.598. The van der Waals surface area contributed by atoms with Crippen LogP contribution in [0, 0.1) is 23.2 Å². The molecule has 4 bridgehead atoms.